The molecule has 0 spiro atoms. The normalized spacial score (nSPS) is 25.8. The summed E-state index contributed by atoms with van der Waals surface area (Å²) in [4.78, 5) is 0. The second kappa shape index (κ2) is 5.44. The molecule has 112 valence electrons. The van der Waals surface area contributed by atoms with Crippen LogP contribution in [0.15, 0.2) is 24.3 Å². The molecular formula is C15H21N5O. The van der Waals surface area contributed by atoms with Crippen molar-refractivity contribution in [3.05, 3.63) is 30.1 Å². The van der Waals surface area contributed by atoms with Crippen molar-refractivity contribution in [3.63, 3.8) is 0 Å². The smallest absolute Gasteiger partial charge is 0.176 e. The first-order valence-electron chi connectivity index (χ1n) is 7.34. The molecule has 2 N–H and O–H groups in total. The Bertz CT molecular complexity index is 599. The lowest BCUT2D eigenvalue weighted by Crippen LogP contribution is -2.42. The maximum absolute atomic E-state index is 6.59. The lowest BCUT2D eigenvalue weighted by Gasteiger charge is -2.34. The van der Waals surface area contributed by atoms with Gasteiger partial charge >= 0.3 is 0 Å². The Morgan fingerprint density at radius 2 is 1.90 bits per heavy atom. The molecule has 0 aliphatic heterocycles. The Morgan fingerprint density at radius 1 is 1.24 bits per heavy atom. The van der Waals surface area contributed by atoms with E-state index in [2.05, 4.69) is 22.4 Å². The minimum atomic E-state index is -0.435. The highest BCUT2D eigenvalue weighted by molar-refractivity contribution is 5.37. The summed E-state index contributed by atoms with van der Waals surface area (Å²) in [7, 11) is 1.65. The summed E-state index contributed by atoms with van der Waals surface area (Å²) in [6.07, 6.45) is 4.08. The number of tetrazole rings is 1. The first kappa shape index (κ1) is 14.0. The number of nitrogens with zero attached hydrogens (tertiary/aromatic N) is 4. The van der Waals surface area contributed by atoms with Crippen molar-refractivity contribution < 1.29 is 4.74 Å². The SMILES string of the molecule is COc1ccc(-n2nnnc2C2(N)CCC(C)CC2)cc1. The first-order chi connectivity index (χ1) is 10.1. The van der Waals surface area contributed by atoms with E-state index in [4.69, 9.17) is 10.5 Å². The van der Waals surface area contributed by atoms with Crippen molar-refractivity contribution in [1.29, 1.82) is 0 Å². The van der Waals surface area contributed by atoms with Gasteiger partial charge in [-0.15, -0.1) is 5.10 Å². The minimum Gasteiger partial charge on any atom is -0.497 e. The highest BCUT2D eigenvalue weighted by Crippen LogP contribution is 2.36. The zero-order valence-corrected chi connectivity index (χ0v) is 12.5. The van der Waals surface area contributed by atoms with Gasteiger partial charge in [0, 0.05) is 0 Å². The van der Waals surface area contributed by atoms with Crippen LogP contribution in [0.2, 0.25) is 0 Å². The third kappa shape index (κ3) is 2.63. The molecule has 1 aliphatic carbocycles. The zero-order valence-electron chi connectivity index (χ0n) is 12.5. The number of aromatic nitrogens is 4. The van der Waals surface area contributed by atoms with Crippen LogP contribution in [0.25, 0.3) is 5.69 Å². The van der Waals surface area contributed by atoms with E-state index in [0.717, 1.165) is 48.9 Å². The fraction of sp³-hybridized carbons (Fsp3) is 0.533. The van der Waals surface area contributed by atoms with Crippen LogP contribution in [0.1, 0.15) is 38.4 Å². The van der Waals surface area contributed by atoms with Crippen LogP contribution in [-0.2, 0) is 5.54 Å². The van der Waals surface area contributed by atoms with Crippen molar-refractivity contribution in [3.8, 4) is 11.4 Å². The van der Waals surface area contributed by atoms with E-state index in [-0.39, 0.29) is 0 Å². The summed E-state index contributed by atoms with van der Waals surface area (Å²) in [6, 6.07) is 7.67. The summed E-state index contributed by atoms with van der Waals surface area (Å²) in [5.74, 6) is 2.29. The lowest BCUT2D eigenvalue weighted by atomic mass is 9.77. The van der Waals surface area contributed by atoms with E-state index in [1.807, 2.05) is 24.3 Å². The molecule has 6 nitrogen and oxygen atoms in total. The average Bonchev–Trinajstić information content (AvgIpc) is 3.01. The van der Waals surface area contributed by atoms with Crippen LogP contribution < -0.4 is 10.5 Å². The molecule has 21 heavy (non-hydrogen) atoms. The standard InChI is InChI=1S/C15H21N5O/c1-11-7-9-15(16,10-8-11)14-17-18-19-20(14)12-3-5-13(21-2)6-4-12/h3-6,11H,7-10,16H2,1-2H3. The van der Waals surface area contributed by atoms with Gasteiger partial charge in [0.05, 0.1) is 18.3 Å². The number of methoxy groups -OCH3 is 1. The Morgan fingerprint density at radius 3 is 2.52 bits per heavy atom. The molecule has 6 heteroatoms. The average molecular weight is 287 g/mol. The number of hydrogen-bond donors (Lipinski definition) is 1. The summed E-state index contributed by atoms with van der Waals surface area (Å²) in [5, 5.41) is 12.1. The van der Waals surface area contributed by atoms with E-state index in [0.29, 0.717) is 0 Å². The van der Waals surface area contributed by atoms with Gasteiger partial charge in [-0.2, -0.15) is 4.68 Å². The third-order valence-corrected chi connectivity index (χ3v) is 4.40. The largest absolute Gasteiger partial charge is 0.497 e. The predicted molar refractivity (Wildman–Crippen MR) is 79.2 cm³/mol. The van der Waals surface area contributed by atoms with Gasteiger partial charge in [0.2, 0.25) is 0 Å². The molecule has 0 unspecified atom stereocenters. The van der Waals surface area contributed by atoms with Gasteiger partial charge in [-0.1, -0.05) is 6.92 Å². The monoisotopic (exact) mass is 287 g/mol. The molecule has 1 fully saturated rings. The van der Waals surface area contributed by atoms with Gasteiger partial charge in [0.1, 0.15) is 5.75 Å². The Hall–Kier alpha value is -1.95. The fourth-order valence-electron chi connectivity index (χ4n) is 2.90. The molecular weight excluding hydrogens is 266 g/mol. The molecule has 2 aromatic rings. The summed E-state index contributed by atoms with van der Waals surface area (Å²) < 4.78 is 6.92. The van der Waals surface area contributed by atoms with Crippen LogP contribution in [0.5, 0.6) is 5.75 Å². The first-order valence-corrected chi connectivity index (χ1v) is 7.34. The third-order valence-electron chi connectivity index (χ3n) is 4.40. The number of ether oxygens (including phenoxy) is 1. The fourth-order valence-corrected chi connectivity index (χ4v) is 2.90. The van der Waals surface area contributed by atoms with Gasteiger partial charge in [-0.3, -0.25) is 0 Å². The van der Waals surface area contributed by atoms with Gasteiger partial charge in [-0.25, -0.2) is 0 Å². The van der Waals surface area contributed by atoms with Crippen LogP contribution in [0.4, 0.5) is 0 Å². The zero-order chi connectivity index (χ0) is 14.9. The molecule has 0 bridgehead atoms. The summed E-state index contributed by atoms with van der Waals surface area (Å²) >= 11 is 0. The van der Waals surface area contributed by atoms with Crippen molar-refractivity contribution in [1.82, 2.24) is 20.2 Å². The molecule has 0 saturated heterocycles. The highest BCUT2D eigenvalue weighted by atomic mass is 16.5. The van der Waals surface area contributed by atoms with Crippen molar-refractivity contribution in [2.45, 2.75) is 38.1 Å². The number of rotatable bonds is 3. The molecule has 1 heterocycles. The van der Waals surface area contributed by atoms with E-state index < -0.39 is 5.54 Å². The Labute approximate surface area is 124 Å². The van der Waals surface area contributed by atoms with Crippen molar-refractivity contribution in [2.75, 3.05) is 7.11 Å². The molecule has 0 atom stereocenters. The van der Waals surface area contributed by atoms with Gasteiger partial charge < -0.3 is 10.5 Å². The quantitative estimate of drug-likeness (QED) is 0.934. The molecule has 3 rings (SSSR count). The maximum Gasteiger partial charge on any atom is 0.176 e. The topological polar surface area (TPSA) is 78.8 Å². The minimum absolute atomic E-state index is 0.435. The summed E-state index contributed by atoms with van der Waals surface area (Å²) in [5.41, 5.74) is 7.06. The Kier molecular flexibility index (Phi) is 3.63. The second-order valence-corrected chi connectivity index (χ2v) is 5.95. The molecule has 1 aromatic heterocycles. The molecule has 1 aromatic carbocycles. The highest BCUT2D eigenvalue weighted by Gasteiger charge is 2.37. The van der Waals surface area contributed by atoms with Crippen LogP contribution >= 0.6 is 0 Å². The predicted octanol–water partition coefficient (Wildman–Crippen LogP) is 2.03. The van der Waals surface area contributed by atoms with Crippen molar-refractivity contribution in [2.24, 2.45) is 11.7 Å². The van der Waals surface area contributed by atoms with Gasteiger partial charge in [0.15, 0.2) is 5.82 Å². The van der Waals surface area contributed by atoms with Crippen LogP contribution in [-0.4, -0.2) is 27.3 Å². The van der Waals surface area contributed by atoms with Crippen LogP contribution in [0, 0.1) is 5.92 Å². The number of hydrogen-bond acceptors (Lipinski definition) is 5. The van der Waals surface area contributed by atoms with E-state index in [1.54, 1.807) is 11.8 Å². The van der Waals surface area contributed by atoms with E-state index in [1.165, 1.54) is 0 Å². The lowest BCUT2D eigenvalue weighted by molar-refractivity contribution is 0.233. The van der Waals surface area contributed by atoms with Gasteiger partial charge in [0.25, 0.3) is 0 Å². The van der Waals surface area contributed by atoms with Crippen LogP contribution in [0.3, 0.4) is 0 Å². The molecule has 1 saturated carbocycles. The molecule has 1 aliphatic rings. The Balaban J connectivity index is 1.93. The van der Waals surface area contributed by atoms with Gasteiger partial charge in [-0.05, 0) is 66.3 Å². The molecule has 0 radical (unpaired) electrons. The maximum atomic E-state index is 6.59. The second-order valence-electron chi connectivity index (χ2n) is 5.95. The molecule has 0 amide bonds. The number of nitrogens with two attached hydrogens (primary N) is 1. The summed E-state index contributed by atoms with van der Waals surface area (Å²) in [6.45, 7) is 2.27. The van der Waals surface area contributed by atoms with Crippen molar-refractivity contribution >= 4 is 0 Å². The van der Waals surface area contributed by atoms with E-state index in [9.17, 15) is 0 Å². The number of benzene rings is 1. The van der Waals surface area contributed by atoms with E-state index >= 15 is 0 Å².